The zero-order valence-electron chi connectivity index (χ0n) is 12.6. The maximum absolute atomic E-state index is 4.64. The lowest BCUT2D eigenvalue weighted by molar-refractivity contribution is 0.223. The molecule has 0 aliphatic heterocycles. The van der Waals surface area contributed by atoms with E-state index < -0.39 is 0 Å². The molecule has 0 bridgehead atoms. The van der Waals surface area contributed by atoms with Crippen molar-refractivity contribution in [2.75, 3.05) is 6.54 Å². The minimum atomic E-state index is 0.547. The lowest BCUT2D eigenvalue weighted by Gasteiger charge is -2.31. The molecule has 110 valence electrons. The molecule has 1 aliphatic rings. The molecule has 0 spiro atoms. The van der Waals surface area contributed by atoms with Crippen LogP contribution in [-0.4, -0.2) is 15.9 Å². The highest BCUT2D eigenvalue weighted by molar-refractivity contribution is 7.15. The van der Waals surface area contributed by atoms with Crippen LogP contribution in [0, 0.1) is 11.3 Å². The Bertz CT molecular complexity index is 520. The first kappa shape index (κ1) is 14.1. The van der Waals surface area contributed by atoms with Crippen LogP contribution in [0.3, 0.4) is 0 Å². The van der Waals surface area contributed by atoms with Gasteiger partial charge in [0.25, 0.3) is 0 Å². The summed E-state index contributed by atoms with van der Waals surface area (Å²) in [5.74, 6) is 0.799. The van der Waals surface area contributed by atoms with Crippen LogP contribution >= 0.6 is 11.3 Å². The molecule has 0 radical (unpaired) electrons. The van der Waals surface area contributed by atoms with Gasteiger partial charge < -0.3 is 5.32 Å². The van der Waals surface area contributed by atoms with Crippen molar-refractivity contribution >= 4 is 16.3 Å². The number of nitrogens with zero attached hydrogens (tertiary/aromatic N) is 2. The van der Waals surface area contributed by atoms with E-state index in [0.717, 1.165) is 29.7 Å². The predicted molar refractivity (Wildman–Crippen MR) is 85.1 cm³/mol. The lowest BCUT2D eigenvalue weighted by atomic mass is 9.78. The van der Waals surface area contributed by atoms with Gasteiger partial charge in [0.2, 0.25) is 0 Å². The fourth-order valence-electron chi connectivity index (χ4n) is 3.76. The van der Waals surface area contributed by atoms with Crippen molar-refractivity contribution in [1.82, 2.24) is 14.7 Å². The van der Waals surface area contributed by atoms with Crippen LogP contribution in [0.5, 0.6) is 0 Å². The van der Waals surface area contributed by atoms with Crippen molar-refractivity contribution in [3.63, 3.8) is 0 Å². The first-order valence-corrected chi connectivity index (χ1v) is 8.67. The van der Waals surface area contributed by atoms with Crippen molar-refractivity contribution in [3.05, 3.63) is 23.5 Å². The SMILES string of the molecule is CC(C)CC1(CNCc2cn3ccsc3n2)CCCC1. The van der Waals surface area contributed by atoms with Crippen LogP contribution in [0.25, 0.3) is 4.96 Å². The highest BCUT2D eigenvalue weighted by Crippen LogP contribution is 2.42. The van der Waals surface area contributed by atoms with E-state index in [1.807, 2.05) is 0 Å². The summed E-state index contributed by atoms with van der Waals surface area (Å²) < 4.78 is 2.11. The van der Waals surface area contributed by atoms with Crippen molar-refractivity contribution < 1.29 is 0 Å². The van der Waals surface area contributed by atoms with E-state index in [0.29, 0.717) is 5.41 Å². The number of hydrogen-bond acceptors (Lipinski definition) is 3. The fraction of sp³-hybridized carbons (Fsp3) is 0.688. The third-order valence-corrected chi connectivity index (χ3v) is 5.23. The van der Waals surface area contributed by atoms with Crippen LogP contribution in [0.15, 0.2) is 17.8 Å². The highest BCUT2D eigenvalue weighted by atomic mass is 32.1. The summed E-state index contributed by atoms with van der Waals surface area (Å²) in [6.45, 7) is 6.75. The van der Waals surface area contributed by atoms with Crippen molar-refractivity contribution in [2.24, 2.45) is 11.3 Å². The van der Waals surface area contributed by atoms with Gasteiger partial charge in [-0.1, -0.05) is 26.7 Å². The van der Waals surface area contributed by atoms with Crippen molar-refractivity contribution in [3.8, 4) is 0 Å². The Morgan fingerprint density at radius 1 is 1.40 bits per heavy atom. The molecule has 0 aromatic carbocycles. The maximum atomic E-state index is 4.64. The Balaban J connectivity index is 1.56. The molecule has 0 unspecified atom stereocenters. The summed E-state index contributed by atoms with van der Waals surface area (Å²) >= 11 is 1.70. The molecule has 0 atom stereocenters. The standard InChI is InChI=1S/C16H25N3S/c1-13(2)9-16(5-3-4-6-16)12-17-10-14-11-19-7-8-20-15(19)18-14/h7-8,11,13,17H,3-6,9-10,12H2,1-2H3. The van der Waals surface area contributed by atoms with E-state index in [2.05, 4.69) is 46.3 Å². The molecule has 0 amide bonds. The molecule has 3 nitrogen and oxygen atoms in total. The average molecular weight is 291 g/mol. The van der Waals surface area contributed by atoms with Gasteiger partial charge in [-0.2, -0.15) is 0 Å². The van der Waals surface area contributed by atoms with Crippen LogP contribution < -0.4 is 5.32 Å². The number of nitrogens with one attached hydrogen (secondary N) is 1. The summed E-state index contributed by atoms with van der Waals surface area (Å²) in [7, 11) is 0. The molecule has 0 saturated heterocycles. The van der Waals surface area contributed by atoms with E-state index in [-0.39, 0.29) is 0 Å². The Kier molecular flexibility index (Phi) is 4.13. The van der Waals surface area contributed by atoms with Gasteiger partial charge in [0.15, 0.2) is 4.96 Å². The van der Waals surface area contributed by atoms with Crippen LogP contribution in [-0.2, 0) is 6.54 Å². The number of thiazole rings is 1. The van der Waals surface area contributed by atoms with E-state index in [1.165, 1.54) is 32.1 Å². The normalized spacial score (nSPS) is 18.4. The summed E-state index contributed by atoms with van der Waals surface area (Å²) in [4.78, 5) is 5.74. The third kappa shape index (κ3) is 3.07. The zero-order chi connectivity index (χ0) is 14.0. The van der Waals surface area contributed by atoms with E-state index in [9.17, 15) is 0 Å². The Morgan fingerprint density at radius 2 is 2.20 bits per heavy atom. The molecular formula is C16H25N3S. The van der Waals surface area contributed by atoms with E-state index in [1.54, 1.807) is 11.3 Å². The molecule has 4 heteroatoms. The summed E-state index contributed by atoms with van der Waals surface area (Å²) in [6, 6.07) is 0. The third-order valence-electron chi connectivity index (χ3n) is 4.45. The van der Waals surface area contributed by atoms with E-state index in [4.69, 9.17) is 0 Å². The second kappa shape index (κ2) is 5.86. The van der Waals surface area contributed by atoms with Gasteiger partial charge in [0.1, 0.15) is 0 Å². The molecule has 2 aromatic heterocycles. The van der Waals surface area contributed by atoms with Gasteiger partial charge in [0, 0.05) is 30.9 Å². The molecule has 1 aliphatic carbocycles. The number of rotatable bonds is 6. The molecule has 3 rings (SSSR count). The molecule has 2 aromatic rings. The predicted octanol–water partition coefficient (Wildman–Crippen LogP) is 4.09. The van der Waals surface area contributed by atoms with Crippen molar-refractivity contribution in [2.45, 2.75) is 52.5 Å². The summed E-state index contributed by atoms with van der Waals surface area (Å²) in [5, 5.41) is 5.75. The van der Waals surface area contributed by atoms with Gasteiger partial charge in [-0.3, -0.25) is 4.40 Å². The van der Waals surface area contributed by atoms with Crippen LogP contribution in [0.4, 0.5) is 0 Å². The van der Waals surface area contributed by atoms with Crippen LogP contribution in [0.2, 0.25) is 0 Å². The Morgan fingerprint density at radius 3 is 2.90 bits per heavy atom. The quantitative estimate of drug-likeness (QED) is 0.868. The minimum Gasteiger partial charge on any atom is -0.311 e. The van der Waals surface area contributed by atoms with E-state index >= 15 is 0 Å². The summed E-state index contributed by atoms with van der Waals surface area (Å²) in [6.07, 6.45) is 11.2. The van der Waals surface area contributed by atoms with Gasteiger partial charge >= 0.3 is 0 Å². The second-order valence-electron chi connectivity index (χ2n) is 6.73. The van der Waals surface area contributed by atoms with Crippen LogP contribution in [0.1, 0.15) is 51.6 Å². The summed E-state index contributed by atoms with van der Waals surface area (Å²) in [5.41, 5.74) is 1.71. The smallest absolute Gasteiger partial charge is 0.193 e. The molecule has 1 N–H and O–H groups in total. The Hall–Kier alpha value is -0.870. The monoisotopic (exact) mass is 291 g/mol. The Labute approximate surface area is 125 Å². The molecule has 2 heterocycles. The van der Waals surface area contributed by atoms with Gasteiger partial charge in [-0.25, -0.2) is 4.98 Å². The van der Waals surface area contributed by atoms with Crippen molar-refractivity contribution in [1.29, 1.82) is 0 Å². The molecule has 1 fully saturated rings. The fourth-order valence-corrected chi connectivity index (χ4v) is 4.48. The number of hydrogen-bond donors (Lipinski definition) is 1. The largest absolute Gasteiger partial charge is 0.311 e. The number of aromatic nitrogens is 2. The number of imidazole rings is 1. The lowest BCUT2D eigenvalue weighted by Crippen LogP contribution is -2.33. The topological polar surface area (TPSA) is 29.3 Å². The van der Waals surface area contributed by atoms with Gasteiger partial charge in [-0.15, -0.1) is 11.3 Å². The molecule has 20 heavy (non-hydrogen) atoms. The van der Waals surface area contributed by atoms with Gasteiger partial charge in [0.05, 0.1) is 5.69 Å². The zero-order valence-corrected chi connectivity index (χ0v) is 13.4. The maximum Gasteiger partial charge on any atom is 0.193 e. The average Bonchev–Trinajstić information content (AvgIpc) is 3.04. The first-order valence-electron chi connectivity index (χ1n) is 7.79. The molecule has 1 saturated carbocycles. The minimum absolute atomic E-state index is 0.547. The van der Waals surface area contributed by atoms with Gasteiger partial charge in [-0.05, 0) is 30.6 Å². The highest BCUT2D eigenvalue weighted by Gasteiger charge is 2.33. The second-order valence-corrected chi connectivity index (χ2v) is 7.61. The first-order chi connectivity index (χ1) is 9.67. The molecular weight excluding hydrogens is 266 g/mol. The number of fused-ring (bicyclic) bond motifs is 1.